The van der Waals surface area contributed by atoms with Crippen molar-refractivity contribution in [3.8, 4) is 0 Å². The molecule has 34 heavy (non-hydrogen) atoms. The van der Waals surface area contributed by atoms with Crippen LogP contribution in [0.5, 0.6) is 0 Å². The number of aliphatic hydroxyl groups excluding tert-OH is 2. The van der Waals surface area contributed by atoms with Gasteiger partial charge in [-0.1, -0.05) is 30.5 Å². The molecule has 0 spiro atoms. The zero-order valence-corrected chi connectivity index (χ0v) is 20.6. The van der Waals surface area contributed by atoms with Crippen LogP contribution in [0.1, 0.15) is 38.5 Å². The Morgan fingerprint density at radius 1 is 0.971 bits per heavy atom. The number of anilines is 1. The van der Waals surface area contributed by atoms with Crippen molar-refractivity contribution < 1.29 is 24.7 Å². The van der Waals surface area contributed by atoms with E-state index in [0.29, 0.717) is 23.8 Å². The summed E-state index contributed by atoms with van der Waals surface area (Å²) in [6.07, 6.45) is 6.36. The summed E-state index contributed by atoms with van der Waals surface area (Å²) in [6.45, 7) is 5.77. The molecule has 1 aromatic carbocycles. The number of urea groups is 1. The molecule has 2 aliphatic heterocycles. The number of carbonyl (C=O) groups excluding carboxylic acids is 1. The van der Waals surface area contributed by atoms with Crippen LogP contribution in [-0.4, -0.2) is 90.7 Å². The minimum absolute atomic E-state index is 0.0550. The molecule has 0 bridgehead atoms. The summed E-state index contributed by atoms with van der Waals surface area (Å²) in [7, 11) is 0. The minimum atomic E-state index is -0.621. The van der Waals surface area contributed by atoms with Gasteiger partial charge >= 0.3 is 6.03 Å². The van der Waals surface area contributed by atoms with Crippen molar-refractivity contribution in [2.75, 3.05) is 57.8 Å². The Morgan fingerprint density at radius 2 is 1.53 bits per heavy atom. The molecule has 0 radical (unpaired) electrons. The highest BCUT2D eigenvalue weighted by atomic mass is 35.5. The summed E-state index contributed by atoms with van der Waals surface area (Å²) in [5, 5.41) is 22.4. The molecular formula is C23H40ClN5O5. The number of nitrogens with one attached hydrogen (secondary N) is 2. The van der Waals surface area contributed by atoms with Gasteiger partial charge in [0.05, 0.1) is 18.8 Å². The summed E-state index contributed by atoms with van der Waals surface area (Å²) in [5.74, 6) is 4.86. The first-order valence-corrected chi connectivity index (χ1v) is 12.4. The summed E-state index contributed by atoms with van der Waals surface area (Å²) in [4.78, 5) is 25.5. The average Bonchev–Trinajstić information content (AvgIpc) is 2.81. The predicted octanol–water partition coefficient (Wildman–Crippen LogP) is 1.96. The second kappa shape index (κ2) is 17.0. The van der Waals surface area contributed by atoms with Gasteiger partial charge in [-0.15, -0.1) is 0 Å². The van der Waals surface area contributed by atoms with Gasteiger partial charge in [-0.3, -0.25) is 4.84 Å². The van der Waals surface area contributed by atoms with E-state index in [1.807, 2.05) is 0 Å². The fraction of sp³-hybridized carbons (Fsp3) is 0.696. The number of hydrogen-bond donors (Lipinski definition) is 5. The summed E-state index contributed by atoms with van der Waals surface area (Å²) in [5.41, 5.74) is 2.82. The molecule has 0 saturated carbocycles. The first-order chi connectivity index (χ1) is 16.5. The number of likely N-dealkylation sites (tertiary alicyclic amines) is 2. The van der Waals surface area contributed by atoms with Gasteiger partial charge < -0.3 is 30.2 Å². The Labute approximate surface area is 207 Å². The number of rotatable bonds is 10. The molecule has 2 aliphatic rings. The summed E-state index contributed by atoms with van der Waals surface area (Å²) in [6, 6.07) is 6.30. The molecule has 3 rings (SSSR count). The number of benzene rings is 1. The maximum absolute atomic E-state index is 11.6. The third-order valence-electron chi connectivity index (χ3n) is 5.65. The van der Waals surface area contributed by atoms with E-state index in [1.165, 1.54) is 38.5 Å². The summed E-state index contributed by atoms with van der Waals surface area (Å²) < 4.78 is 0. The Morgan fingerprint density at radius 3 is 2.06 bits per heavy atom. The molecule has 10 nitrogen and oxygen atoms in total. The van der Waals surface area contributed by atoms with Crippen molar-refractivity contribution in [1.82, 2.24) is 15.3 Å². The van der Waals surface area contributed by atoms with Crippen LogP contribution in [0.25, 0.3) is 0 Å². The normalized spacial score (nSPS) is 18.9. The molecule has 2 heterocycles. The number of piperidine rings is 2. The number of aliphatic hydroxyl groups is 2. The molecule has 2 unspecified atom stereocenters. The topological polar surface area (TPSA) is 133 Å². The smallest absolute Gasteiger partial charge is 0.343 e. The fourth-order valence-corrected chi connectivity index (χ4v) is 4.21. The van der Waals surface area contributed by atoms with Crippen LogP contribution in [0.2, 0.25) is 5.02 Å². The molecule has 2 amide bonds. The summed E-state index contributed by atoms with van der Waals surface area (Å²) >= 11 is 5.83. The molecule has 0 aliphatic carbocycles. The van der Waals surface area contributed by atoms with E-state index >= 15 is 0 Å². The van der Waals surface area contributed by atoms with Gasteiger partial charge in [-0.2, -0.15) is 0 Å². The fourth-order valence-electron chi connectivity index (χ4n) is 4.02. The van der Waals surface area contributed by atoms with Crippen LogP contribution in [-0.2, 0) is 9.68 Å². The monoisotopic (exact) mass is 501 g/mol. The highest BCUT2D eigenvalue weighted by Gasteiger charge is 2.15. The zero-order valence-electron chi connectivity index (χ0n) is 19.8. The first-order valence-electron chi connectivity index (χ1n) is 12.0. The standard InChI is InChI=1S/C15H22ClN3O3.C8H18N2O2/c16-12-5-4-6-13(9-12)17-15(21)18-22-11-14(20)10-19-7-2-1-3-8-19;9-12-7-8(11)6-10-4-2-1-3-5-10/h4-6,9,14,20H,1-3,7-8,10-11H2,(H2,17,18,21);8,11H,1-7,9H2. The van der Waals surface area contributed by atoms with E-state index < -0.39 is 18.2 Å². The Balaban J connectivity index is 0.000000287. The number of nitrogens with two attached hydrogens (primary N) is 1. The predicted molar refractivity (Wildman–Crippen MR) is 132 cm³/mol. The van der Waals surface area contributed by atoms with Crippen molar-refractivity contribution in [3.63, 3.8) is 0 Å². The minimum Gasteiger partial charge on any atom is -0.389 e. The van der Waals surface area contributed by atoms with Gasteiger partial charge in [0.2, 0.25) is 0 Å². The molecule has 2 saturated heterocycles. The van der Waals surface area contributed by atoms with Gasteiger partial charge in [0, 0.05) is 23.8 Å². The lowest BCUT2D eigenvalue weighted by Crippen LogP contribution is -2.40. The lowest BCUT2D eigenvalue weighted by molar-refractivity contribution is -0.0156. The first kappa shape index (κ1) is 28.7. The average molecular weight is 502 g/mol. The van der Waals surface area contributed by atoms with Crippen molar-refractivity contribution in [2.24, 2.45) is 5.90 Å². The third kappa shape index (κ3) is 12.8. The molecule has 6 N–H and O–H groups in total. The van der Waals surface area contributed by atoms with Crippen LogP contribution >= 0.6 is 11.6 Å². The SMILES string of the molecule is NOCC(O)CN1CCCCC1.O=C(NOCC(O)CN1CCCCC1)Nc1cccc(Cl)c1. The van der Waals surface area contributed by atoms with E-state index in [-0.39, 0.29) is 13.2 Å². The molecular weight excluding hydrogens is 462 g/mol. The van der Waals surface area contributed by atoms with Gasteiger partial charge in [0.15, 0.2) is 0 Å². The number of carbonyl (C=O) groups is 1. The van der Waals surface area contributed by atoms with Gasteiger partial charge in [0.1, 0.15) is 6.61 Å². The largest absolute Gasteiger partial charge is 0.389 e. The lowest BCUT2D eigenvalue weighted by Gasteiger charge is -2.28. The molecule has 11 heteroatoms. The quantitative estimate of drug-likeness (QED) is 0.307. The maximum atomic E-state index is 11.6. The van der Waals surface area contributed by atoms with E-state index in [4.69, 9.17) is 22.3 Å². The van der Waals surface area contributed by atoms with Gasteiger partial charge in [-0.25, -0.2) is 16.2 Å². The number of hydrogen-bond acceptors (Lipinski definition) is 8. The highest BCUT2D eigenvalue weighted by molar-refractivity contribution is 6.30. The maximum Gasteiger partial charge on any atom is 0.343 e. The molecule has 0 aromatic heterocycles. The number of hydroxylamine groups is 1. The van der Waals surface area contributed by atoms with Crippen molar-refractivity contribution in [1.29, 1.82) is 0 Å². The van der Waals surface area contributed by atoms with Gasteiger partial charge in [0.25, 0.3) is 0 Å². The Kier molecular flexibility index (Phi) is 14.4. The lowest BCUT2D eigenvalue weighted by atomic mass is 10.1. The Hall–Kier alpha value is -1.50. The number of halogens is 1. The van der Waals surface area contributed by atoms with Crippen LogP contribution in [0.4, 0.5) is 10.5 Å². The zero-order chi connectivity index (χ0) is 24.6. The van der Waals surface area contributed by atoms with Crippen LogP contribution in [0.15, 0.2) is 24.3 Å². The van der Waals surface area contributed by atoms with E-state index in [9.17, 15) is 15.0 Å². The Bertz CT molecular complexity index is 689. The third-order valence-corrected chi connectivity index (χ3v) is 5.88. The van der Waals surface area contributed by atoms with Crippen LogP contribution < -0.4 is 16.7 Å². The second-order valence-electron chi connectivity index (χ2n) is 8.74. The molecule has 2 fully saturated rings. The molecule has 1 aromatic rings. The van der Waals surface area contributed by atoms with Crippen molar-refractivity contribution in [3.05, 3.63) is 29.3 Å². The van der Waals surface area contributed by atoms with Crippen LogP contribution in [0, 0.1) is 0 Å². The van der Waals surface area contributed by atoms with Crippen molar-refractivity contribution in [2.45, 2.75) is 50.7 Å². The van der Waals surface area contributed by atoms with E-state index in [0.717, 1.165) is 26.2 Å². The molecule has 2 atom stereocenters. The molecule has 194 valence electrons. The number of amides is 2. The van der Waals surface area contributed by atoms with E-state index in [1.54, 1.807) is 24.3 Å². The van der Waals surface area contributed by atoms with Crippen molar-refractivity contribution >= 4 is 23.3 Å². The second-order valence-corrected chi connectivity index (χ2v) is 9.18. The number of nitrogens with zero attached hydrogens (tertiary/aromatic N) is 2. The number of β-amino-alcohol motifs (C(OH)–C–C–N with tert-alkyl or cyclic N) is 2. The van der Waals surface area contributed by atoms with Crippen LogP contribution in [0.3, 0.4) is 0 Å². The van der Waals surface area contributed by atoms with Gasteiger partial charge in [-0.05, 0) is 70.1 Å². The van der Waals surface area contributed by atoms with E-state index in [2.05, 4.69) is 25.4 Å². The highest BCUT2D eigenvalue weighted by Crippen LogP contribution is 2.14.